The van der Waals surface area contributed by atoms with Gasteiger partial charge in [0.25, 0.3) is 0 Å². The lowest BCUT2D eigenvalue weighted by Gasteiger charge is -2.21. The van der Waals surface area contributed by atoms with E-state index in [1.807, 2.05) is 29.9 Å². The highest BCUT2D eigenvalue weighted by atomic mass is 35.5. The summed E-state index contributed by atoms with van der Waals surface area (Å²) >= 11 is 0. The van der Waals surface area contributed by atoms with Crippen LogP contribution in [0.4, 0.5) is 0 Å². The number of hydrogen-bond donors (Lipinski definition) is 2. The van der Waals surface area contributed by atoms with Crippen LogP contribution in [0.5, 0.6) is 11.5 Å². The number of nitrogens with zero attached hydrogens (tertiary/aromatic N) is 2. The second kappa shape index (κ2) is 8.56. The van der Waals surface area contributed by atoms with Gasteiger partial charge in [0, 0.05) is 25.5 Å². The number of methoxy groups -OCH3 is 2. The summed E-state index contributed by atoms with van der Waals surface area (Å²) < 4.78 is 12.5. The van der Waals surface area contributed by atoms with Crippen LogP contribution in [0.3, 0.4) is 0 Å². The largest absolute Gasteiger partial charge is 0.497 e. The molecule has 0 aliphatic rings. The van der Waals surface area contributed by atoms with E-state index in [0.717, 1.165) is 5.56 Å². The Morgan fingerprint density at radius 3 is 2.25 bits per heavy atom. The molecule has 0 saturated carbocycles. The summed E-state index contributed by atoms with van der Waals surface area (Å²) in [6, 6.07) is 4.36. The van der Waals surface area contributed by atoms with E-state index in [0.29, 0.717) is 17.3 Å². The van der Waals surface area contributed by atoms with E-state index in [4.69, 9.17) is 15.2 Å². The summed E-state index contributed by atoms with van der Waals surface area (Å²) in [5.74, 6) is 1.69. The molecule has 1 amide bonds. The van der Waals surface area contributed by atoms with Gasteiger partial charge in [-0.15, -0.1) is 12.4 Å². The molecule has 2 rings (SSSR count). The minimum atomic E-state index is -0.620. The smallest absolute Gasteiger partial charge is 0.237 e. The number of carbonyl (C=O) groups is 1. The molecule has 8 heteroatoms. The van der Waals surface area contributed by atoms with Crippen LogP contribution in [0, 0.1) is 0 Å². The number of benzene rings is 1. The Hall–Kier alpha value is -2.25. The van der Waals surface area contributed by atoms with Crippen molar-refractivity contribution in [2.24, 2.45) is 12.8 Å². The highest BCUT2D eigenvalue weighted by Gasteiger charge is 2.23. The molecule has 1 aromatic carbocycles. The SMILES string of the molecule is COc1cc(OC)cc(C(NC(=O)C(C)N)c2nccn2C)c1.Cl. The fourth-order valence-electron chi connectivity index (χ4n) is 2.22. The fourth-order valence-corrected chi connectivity index (χ4v) is 2.22. The molecule has 3 N–H and O–H groups in total. The number of carbonyl (C=O) groups excluding carboxylic acids is 1. The van der Waals surface area contributed by atoms with Gasteiger partial charge in [0.15, 0.2) is 0 Å². The zero-order chi connectivity index (χ0) is 17.0. The van der Waals surface area contributed by atoms with Crippen LogP contribution < -0.4 is 20.5 Å². The molecule has 24 heavy (non-hydrogen) atoms. The van der Waals surface area contributed by atoms with Crippen LogP contribution in [0.1, 0.15) is 24.4 Å². The topological polar surface area (TPSA) is 91.4 Å². The number of rotatable bonds is 6. The number of aromatic nitrogens is 2. The van der Waals surface area contributed by atoms with Crippen molar-refractivity contribution < 1.29 is 14.3 Å². The summed E-state index contributed by atoms with van der Waals surface area (Å²) in [5, 5.41) is 2.92. The number of nitrogens with one attached hydrogen (secondary N) is 1. The quantitative estimate of drug-likeness (QED) is 0.818. The normalized spacial score (nSPS) is 12.7. The van der Waals surface area contributed by atoms with Crippen molar-refractivity contribution in [1.29, 1.82) is 0 Å². The number of amides is 1. The van der Waals surface area contributed by atoms with E-state index < -0.39 is 12.1 Å². The summed E-state index contributed by atoms with van der Waals surface area (Å²) in [4.78, 5) is 16.4. The van der Waals surface area contributed by atoms with Gasteiger partial charge in [-0.25, -0.2) is 4.98 Å². The fraction of sp³-hybridized carbons (Fsp3) is 0.375. The van der Waals surface area contributed by atoms with Crippen molar-refractivity contribution in [3.05, 3.63) is 42.0 Å². The summed E-state index contributed by atoms with van der Waals surface area (Å²) in [7, 11) is 5.02. The Morgan fingerprint density at radius 2 is 1.83 bits per heavy atom. The molecule has 7 nitrogen and oxygen atoms in total. The van der Waals surface area contributed by atoms with Gasteiger partial charge in [-0.05, 0) is 24.6 Å². The molecule has 132 valence electrons. The molecule has 1 heterocycles. The molecule has 0 spiro atoms. The van der Waals surface area contributed by atoms with Crippen LogP contribution in [0.2, 0.25) is 0 Å². The molecular formula is C16H23ClN4O3. The first-order valence-electron chi connectivity index (χ1n) is 7.22. The lowest BCUT2D eigenvalue weighted by Crippen LogP contribution is -2.41. The van der Waals surface area contributed by atoms with Crippen LogP contribution in [0.15, 0.2) is 30.6 Å². The zero-order valence-corrected chi connectivity index (χ0v) is 15.0. The summed E-state index contributed by atoms with van der Waals surface area (Å²) in [6.45, 7) is 1.64. The number of ether oxygens (including phenoxy) is 2. The maximum absolute atomic E-state index is 12.1. The second-order valence-electron chi connectivity index (χ2n) is 5.27. The molecule has 0 fully saturated rings. The Kier molecular flexibility index (Phi) is 7.06. The minimum absolute atomic E-state index is 0. The first-order chi connectivity index (χ1) is 11.0. The molecule has 0 aliphatic heterocycles. The number of aryl methyl sites for hydroxylation is 1. The predicted molar refractivity (Wildman–Crippen MR) is 93.6 cm³/mol. The summed E-state index contributed by atoms with van der Waals surface area (Å²) in [5.41, 5.74) is 6.47. The molecule has 0 bridgehead atoms. The molecule has 2 unspecified atom stereocenters. The van der Waals surface area contributed by atoms with Gasteiger partial charge in [-0.3, -0.25) is 4.79 Å². The molecule has 2 aromatic rings. The Balaban J connectivity index is 0.00000288. The van der Waals surface area contributed by atoms with Crippen molar-refractivity contribution in [2.75, 3.05) is 14.2 Å². The van der Waals surface area contributed by atoms with Crippen molar-refractivity contribution in [3.8, 4) is 11.5 Å². The van der Waals surface area contributed by atoms with Crippen molar-refractivity contribution in [2.45, 2.75) is 19.0 Å². The average molecular weight is 355 g/mol. The minimum Gasteiger partial charge on any atom is -0.497 e. The maximum Gasteiger partial charge on any atom is 0.237 e. The van der Waals surface area contributed by atoms with Crippen molar-refractivity contribution >= 4 is 18.3 Å². The van der Waals surface area contributed by atoms with Gasteiger partial charge in [-0.2, -0.15) is 0 Å². The maximum atomic E-state index is 12.1. The highest BCUT2D eigenvalue weighted by Crippen LogP contribution is 2.29. The number of imidazole rings is 1. The van der Waals surface area contributed by atoms with Gasteiger partial charge in [0.1, 0.15) is 23.4 Å². The molecule has 0 radical (unpaired) electrons. The van der Waals surface area contributed by atoms with Crippen LogP contribution in [0.25, 0.3) is 0 Å². The number of halogens is 1. The lowest BCUT2D eigenvalue weighted by atomic mass is 10.0. The van der Waals surface area contributed by atoms with E-state index in [1.165, 1.54) is 0 Å². The van der Waals surface area contributed by atoms with Gasteiger partial charge < -0.3 is 25.1 Å². The standard InChI is InChI=1S/C16H22N4O3.ClH/c1-10(17)16(21)19-14(15-18-5-6-20(15)2)11-7-12(22-3)9-13(8-11)23-4;/h5-10,14H,17H2,1-4H3,(H,19,21);1H. The summed E-state index contributed by atoms with van der Waals surface area (Å²) in [6.07, 6.45) is 3.50. The van der Waals surface area contributed by atoms with Gasteiger partial charge in [0.05, 0.1) is 20.3 Å². The number of hydrogen-bond acceptors (Lipinski definition) is 5. The average Bonchev–Trinajstić information content (AvgIpc) is 2.97. The first-order valence-corrected chi connectivity index (χ1v) is 7.22. The zero-order valence-electron chi connectivity index (χ0n) is 14.1. The molecule has 1 aromatic heterocycles. The monoisotopic (exact) mass is 354 g/mol. The molecule has 0 saturated heterocycles. The van der Waals surface area contributed by atoms with Crippen LogP contribution >= 0.6 is 12.4 Å². The second-order valence-corrected chi connectivity index (χ2v) is 5.27. The Bertz CT molecular complexity index is 665. The van der Waals surface area contributed by atoms with Crippen LogP contribution in [-0.2, 0) is 11.8 Å². The van der Waals surface area contributed by atoms with Gasteiger partial charge >= 0.3 is 0 Å². The molecular weight excluding hydrogens is 332 g/mol. The lowest BCUT2D eigenvalue weighted by molar-refractivity contribution is -0.122. The van der Waals surface area contributed by atoms with Crippen molar-refractivity contribution in [1.82, 2.24) is 14.9 Å². The third-order valence-electron chi connectivity index (χ3n) is 3.52. The predicted octanol–water partition coefficient (Wildman–Crippen LogP) is 1.41. The van der Waals surface area contributed by atoms with Crippen LogP contribution in [-0.4, -0.2) is 35.7 Å². The van der Waals surface area contributed by atoms with E-state index >= 15 is 0 Å². The highest BCUT2D eigenvalue weighted by molar-refractivity contribution is 5.85. The molecule has 2 atom stereocenters. The first kappa shape index (κ1) is 19.8. The van der Waals surface area contributed by atoms with E-state index in [9.17, 15) is 4.79 Å². The van der Waals surface area contributed by atoms with Gasteiger partial charge in [0.2, 0.25) is 5.91 Å². The third kappa shape index (κ3) is 4.39. The Labute approximate surface area is 147 Å². The Morgan fingerprint density at radius 1 is 1.25 bits per heavy atom. The van der Waals surface area contributed by atoms with Crippen molar-refractivity contribution in [3.63, 3.8) is 0 Å². The van der Waals surface area contributed by atoms with Gasteiger partial charge in [-0.1, -0.05) is 0 Å². The number of nitrogens with two attached hydrogens (primary N) is 1. The van der Waals surface area contributed by atoms with E-state index in [2.05, 4.69) is 10.3 Å². The molecule has 0 aliphatic carbocycles. The third-order valence-corrected chi connectivity index (χ3v) is 3.52. The van der Waals surface area contributed by atoms with E-state index in [-0.39, 0.29) is 18.3 Å². The van der Waals surface area contributed by atoms with E-state index in [1.54, 1.807) is 33.4 Å².